The first kappa shape index (κ1) is 20.6. The van der Waals surface area contributed by atoms with Crippen LogP contribution in [0.1, 0.15) is 18.4 Å². The van der Waals surface area contributed by atoms with Gasteiger partial charge in [-0.2, -0.15) is 0 Å². The topological polar surface area (TPSA) is 55.8 Å². The van der Waals surface area contributed by atoms with E-state index in [2.05, 4.69) is 43.8 Å². The molecule has 0 unspecified atom stereocenters. The maximum atomic E-state index is 13.0. The minimum atomic E-state index is 0.0895. The summed E-state index contributed by atoms with van der Waals surface area (Å²) in [6.45, 7) is 6.47. The summed E-state index contributed by atoms with van der Waals surface area (Å²) in [4.78, 5) is 30.8. The van der Waals surface area contributed by atoms with Crippen molar-refractivity contribution in [3.63, 3.8) is 0 Å². The van der Waals surface area contributed by atoms with E-state index in [9.17, 15) is 4.79 Å². The summed E-state index contributed by atoms with van der Waals surface area (Å²) in [6, 6.07) is 10.2. The monoisotopic (exact) mass is 408 g/mol. The van der Waals surface area contributed by atoms with Crippen molar-refractivity contribution in [2.24, 2.45) is 5.92 Å². The molecule has 2 fully saturated rings. The van der Waals surface area contributed by atoms with E-state index in [4.69, 9.17) is 0 Å². The number of amides is 1. The number of nitrogens with zero attached hydrogens (tertiary/aromatic N) is 6. The van der Waals surface area contributed by atoms with Gasteiger partial charge in [-0.1, -0.05) is 30.3 Å². The molecule has 1 aromatic heterocycles. The molecule has 0 aliphatic carbocycles. The SMILES string of the molecule is CN1CCN(c2ncncc2N2CCC(C(=O)N(C)Cc3ccccc3)CC2)CC1. The molecule has 30 heavy (non-hydrogen) atoms. The summed E-state index contributed by atoms with van der Waals surface area (Å²) in [5, 5.41) is 0. The summed E-state index contributed by atoms with van der Waals surface area (Å²) in [5.74, 6) is 1.37. The summed E-state index contributed by atoms with van der Waals surface area (Å²) in [5.41, 5.74) is 2.27. The average Bonchev–Trinajstić information content (AvgIpc) is 2.80. The van der Waals surface area contributed by atoms with E-state index in [-0.39, 0.29) is 11.8 Å². The molecule has 0 N–H and O–H groups in total. The maximum Gasteiger partial charge on any atom is 0.225 e. The Bertz CT molecular complexity index is 829. The Balaban J connectivity index is 1.36. The van der Waals surface area contributed by atoms with Crippen LogP contribution in [-0.4, -0.2) is 79.0 Å². The van der Waals surface area contributed by atoms with E-state index in [1.807, 2.05) is 36.3 Å². The molecule has 0 bridgehead atoms. The van der Waals surface area contributed by atoms with Gasteiger partial charge in [0.2, 0.25) is 5.91 Å². The molecular weight excluding hydrogens is 376 g/mol. The van der Waals surface area contributed by atoms with E-state index in [1.54, 1.807) is 6.33 Å². The Hall–Kier alpha value is -2.67. The van der Waals surface area contributed by atoms with E-state index in [0.717, 1.165) is 63.6 Å². The van der Waals surface area contributed by atoms with Crippen LogP contribution in [0, 0.1) is 5.92 Å². The number of likely N-dealkylation sites (N-methyl/N-ethyl adjacent to an activating group) is 1. The molecule has 0 saturated carbocycles. The lowest BCUT2D eigenvalue weighted by Gasteiger charge is -2.38. The Morgan fingerprint density at radius 2 is 1.73 bits per heavy atom. The van der Waals surface area contributed by atoms with Gasteiger partial charge < -0.3 is 19.6 Å². The first-order chi connectivity index (χ1) is 14.6. The second-order valence-electron chi connectivity index (χ2n) is 8.46. The normalized spacial score (nSPS) is 18.5. The molecule has 2 aromatic rings. The van der Waals surface area contributed by atoms with Crippen LogP contribution in [-0.2, 0) is 11.3 Å². The van der Waals surface area contributed by atoms with Crippen molar-refractivity contribution in [3.05, 3.63) is 48.4 Å². The minimum absolute atomic E-state index is 0.0895. The van der Waals surface area contributed by atoms with Crippen molar-refractivity contribution in [1.82, 2.24) is 19.8 Å². The van der Waals surface area contributed by atoms with Gasteiger partial charge in [0.1, 0.15) is 6.33 Å². The Kier molecular flexibility index (Phi) is 6.47. The molecular formula is C23H32N6O. The number of piperidine rings is 1. The van der Waals surface area contributed by atoms with Crippen LogP contribution in [0.4, 0.5) is 11.5 Å². The molecule has 2 saturated heterocycles. The van der Waals surface area contributed by atoms with Crippen molar-refractivity contribution in [2.45, 2.75) is 19.4 Å². The quantitative estimate of drug-likeness (QED) is 0.755. The summed E-state index contributed by atoms with van der Waals surface area (Å²) >= 11 is 0. The lowest BCUT2D eigenvalue weighted by Crippen LogP contribution is -2.46. The first-order valence-electron chi connectivity index (χ1n) is 10.9. The average molecular weight is 409 g/mol. The van der Waals surface area contributed by atoms with E-state index < -0.39 is 0 Å². The zero-order valence-electron chi connectivity index (χ0n) is 18.1. The smallest absolute Gasteiger partial charge is 0.225 e. The van der Waals surface area contributed by atoms with Crippen molar-refractivity contribution in [3.8, 4) is 0 Å². The zero-order chi connectivity index (χ0) is 20.9. The number of hydrogen-bond acceptors (Lipinski definition) is 6. The van der Waals surface area contributed by atoms with Gasteiger partial charge in [-0.15, -0.1) is 0 Å². The first-order valence-corrected chi connectivity index (χ1v) is 10.9. The van der Waals surface area contributed by atoms with E-state index >= 15 is 0 Å². The van der Waals surface area contributed by atoms with Crippen LogP contribution in [0.15, 0.2) is 42.9 Å². The molecule has 1 aromatic carbocycles. The summed E-state index contributed by atoms with van der Waals surface area (Å²) in [6.07, 6.45) is 5.32. The highest BCUT2D eigenvalue weighted by molar-refractivity contribution is 5.79. The Morgan fingerprint density at radius 3 is 2.43 bits per heavy atom. The standard InChI is InChI=1S/C23H32N6O/c1-26-12-14-29(15-13-26)22-21(16-24-18-25-22)28-10-8-20(9-11-28)23(30)27(2)17-19-6-4-3-5-7-19/h3-7,16,18,20H,8-15,17H2,1-2H3. The molecule has 7 nitrogen and oxygen atoms in total. The van der Waals surface area contributed by atoms with E-state index in [0.29, 0.717) is 6.54 Å². The van der Waals surface area contributed by atoms with Gasteiger partial charge in [0.15, 0.2) is 5.82 Å². The van der Waals surface area contributed by atoms with Crippen LogP contribution in [0.3, 0.4) is 0 Å². The lowest BCUT2D eigenvalue weighted by atomic mass is 9.95. The Morgan fingerprint density at radius 1 is 1.03 bits per heavy atom. The molecule has 7 heteroatoms. The molecule has 0 radical (unpaired) electrons. The summed E-state index contributed by atoms with van der Waals surface area (Å²) in [7, 11) is 4.08. The van der Waals surface area contributed by atoms with Crippen molar-refractivity contribution < 1.29 is 4.79 Å². The van der Waals surface area contributed by atoms with Gasteiger partial charge in [-0.05, 0) is 25.5 Å². The second-order valence-corrected chi connectivity index (χ2v) is 8.46. The fourth-order valence-corrected chi connectivity index (χ4v) is 4.42. The number of hydrogen-bond donors (Lipinski definition) is 0. The molecule has 4 rings (SSSR count). The Labute approximate surface area is 179 Å². The fourth-order valence-electron chi connectivity index (χ4n) is 4.42. The molecule has 2 aliphatic heterocycles. The molecule has 3 heterocycles. The van der Waals surface area contributed by atoms with Crippen LogP contribution in [0.25, 0.3) is 0 Å². The fraction of sp³-hybridized carbons (Fsp3) is 0.522. The van der Waals surface area contributed by atoms with Crippen LogP contribution >= 0.6 is 0 Å². The van der Waals surface area contributed by atoms with Gasteiger partial charge >= 0.3 is 0 Å². The maximum absolute atomic E-state index is 13.0. The third-order valence-corrected chi connectivity index (χ3v) is 6.30. The number of carbonyl (C=O) groups is 1. The minimum Gasteiger partial charge on any atom is -0.367 e. The van der Waals surface area contributed by atoms with Gasteiger partial charge in [0, 0.05) is 58.8 Å². The van der Waals surface area contributed by atoms with E-state index in [1.165, 1.54) is 5.56 Å². The highest BCUT2D eigenvalue weighted by Crippen LogP contribution is 2.31. The third-order valence-electron chi connectivity index (χ3n) is 6.30. The molecule has 1 amide bonds. The van der Waals surface area contributed by atoms with Crippen LogP contribution < -0.4 is 9.80 Å². The molecule has 0 spiro atoms. The van der Waals surface area contributed by atoms with Crippen molar-refractivity contribution in [2.75, 3.05) is 63.2 Å². The number of piperazine rings is 1. The third kappa shape index (κ3) is 4.73. The predicted molar refractivity (Wildman–Crippen MR) is 120 cm³/mol. The van der Waals surface area contributed by atoms with Gasteiger partial charge in [-0.3, -0.25) is 4.79 Å². The van der Waals surface area contributed by atoms with Crippen molar-refractivity contribution >= 4 is 17.4 Å². The number of rotatable bonds is 5. The highest BCUT2D eigenvalue weighted by atomic mass is 16.2. The van der Waals surface area contributed by atoms with Gasteiger partial charge in [0.05, 0.1) is 11.9 Å². The zero-order valence-corrected chi connectivity index (χ0v) is 18.1. The number of benzene rings is 1. The predicted octanol–water partition coefficient (Wildman–Crippen LogP) is 2.10. The van der Waals surface area contributed by atoms with Gasteiger partial charge in [0.25, 0.3) is 0 Å². The number of anilines is 2. The van der Waals surface area contributed by atoms with Crippen LogP contribution in [0.5, 0.6) is 0 Å². The molecule has 2 aliphatic rings. The van der Waals surface area contributed by atoms with Gasteiger partial charge in [-0.25, -0.2) is 9.97 Å². The molecule has 0 atom stereocenters. The largest absolute Gasteiger partial charge is 0.367 e. The highest BCUT2D eigenvalue weighted by Gasteiger charge is 2.29. The summed E-state index contributed by atoms with van der Waals surface area (Å²) < 4.78 is 0. The van der Waals surface area contributed by atoms with Crippen LogP contribution in [0.2, 0.25) is 0 Å². The van der Waals surface area contributed by atoms with Crippen molar-refractivity contribution in [1.29, 1.82) is 0 Å². The molecule has 160 valence electrons. The lowest BCUT2D eigenvalue weighted by molar-refractivity contribution is -0.135. The number of aromatic nitrogens is 2. The number of carbonyl (C=O) groups excluding carboxylic acids is 1. The second kappa shape index (κ2) is 9.43.